The first-order valence-electron chi connectivity index (χ1n) is 17.5. The molecule has 14 heteroatoms. The van der Waals surface area contributed by atoms with E-state index >= 15 is 0 Å². The van der Waals surface area contributed by atoms with Crippen LogP contribution >= 0.6 is 0 Å². The monoisotopic (exact) mass is 766 g/mol. The van der Waals surface area contributed by atoms with Crippen LogP contribution in [0.15, 0.2) is 103 Å². The summed E-state index contributed by atoms with van der Waals surface area (Å²) in [7, 11) is 14.8. The van der Waals surface area contributed by atoms with Crippen molar-refractivity contribution in [3.8, 4) is 0 Å². The maximum Gasteiger partial charge on any atom is 1.00 e. The van der Waals surface area contributed by atoms with E-state index < -0.39 is 23.8 Å². The maximum atomic E-state index is 12.4. The molecule has 0 aliphatic heterocycles. The third-order valence-corrected chi connectivity index (χ3v) is 8.62. The lowest BCUT2D eigenvalue weighted by Crippen LogP contribution is -2.34. The summed E-state index contributed by atoms with van der Waals surface area (Å²) < 4.78 is 11.3. The van der Waals surface area contributed by atoms with E-state index in [9.17, 15) is 24.3 Å². The molecule has 296 valence electrons. The summed E-state index contributed by atoms with van der Waals surface area (Å²) in [5.74, 6) is -2.49. The van der Waals surface area contributed by atoms with Gasteiger partial charge in [-0.1, -0.05) is 43.3 Å². The Balaban J connectivity index is 0.000000285. The van der Waals surface area contributed by atoms with Crippen LogP contribution in [-0.2, 0) is 9.59 Å². The molecule has 6 aromatic rings. The van der Waals surface area contributed by atoms with Crippen molar-refractivity contribution in [2.45, 2.75) is 25.7 Å². The van der Waals surface area contributed by atoms with Crippen molar-refractivity contribution in [1.29, 1.82) is 10.8 Å². The Morgan fingerprint density at radius 3 is 1.20 bits per heavy atom. The molecule has 0 fully saturated rings. The molecule has 4 aromatic carbocycles. The molecule has 3 N–H and O–H groups in total. The van der Waals surface area contributed by atoms with E-state index in [-0.39, 0.29) is 12.3 Å². The summed E-state index contributed by atoms with van der Waals surface area (Å²) in [6.07, 6.45) is 0. The molecule has 2 heterocycles. The van der Waals surface area contributed by atoms with Crippen molar-refractivity contribution < 1.29 is 30.1 Å². The first kappa shape index (κ1) is 43.7. The highest BCUT2D eigenvalue weighted by Crippen LogP contribution is 2.24. The lowest BCUT2D eigenvalue weighted by atomic mass is 9.99. The third kappa shape index (κ3) is 10.7. The summed E-state index contributed by atoms with van der Waals surface area (Å²) in [5, 5.41) is 36.2. The second-order valence-electron chi connectivity index (χ2n) is 13.7. The average molecular weight is 767 g/mol. The molecule has 0 saturated heterocycles. The van der Waals surface area contributed by atoms with Crippen molar-refractivity contribution in [2.24, 2.45) is 0 Å². The number of rotatable bonds is 4. The van der Waals surface area contributed by atoms with E-state index in [0.717, 1.165) is 0 Å². The highest BCUT2D eigenvalue weighted by Gasteiger charge is 2.16. The molecule has 2 aromatic heterocycles. The van der Waals surface area contributed by atoms with E-state index in [1.165, 1.54) is 6.92 Å². The first-order chi connectivity index (χ1) is 26.3. The molecule has 56 heavy (non-hydrogen) atoms. The molecular formula is C42H50N6O8. The van der Waals surface area contributed by atoms with Gasteiger partial charge in [0.05, 0.1) is 27.5 Å². The molecule has 0 amide bonds. The van der Waals surface area contributed by atoms with Crippen LogP contribution in [0.25, 0.3) is 43.9 Å². The molecule has 0 spiro atoms. The number of hydrogen-bond acceptors (Lipinski definition) is 9. The fourth-order valence-electron chi connectivity index (χ4n) is 5.26. The number of hydrogen-bond donors (Lipinski definition) is 3. The molecule has 0 saturated carbocycles. The van der Waals surface area contributed by atoms with Gasteiger partial charge < -0.3 is 43.4 Å². The van der Waals surface area contributed by atoms with E-state index in [2.05, 4.69) is 0 Å². The van der Waals surface area contributed by atoms with Gasteiger partial charge >= 0.3 is 7.40 Å². The van der Waals surface area contributed by atoms with Gasteiger partial charge in [0.2, 0.25) is 10.9 Å². The van der Waals surface area contributed by atoms with Crippen molar-refractivity contribution in [3.05, 3.63) is 117 Å². The second-order valence-corrected chi connectivity index (χ2v) is 13.7. The number of para-hydroxylation sites is 2. The quantitative estimate of drug-likeness (QED) is 0.122. The summed E-state index contributed by atoms with van der Waals surface area (Å²) in [6, 6.07) is 23.8. The number of fused-ring (bicyclic) bond motifs is 4. The van der Waals surface area contributed by atoms with Gasteiger partial charge in [0, 0.05) is 68.3 Å². The molecule has 2 unspecified atom stereocenters. The number of carbonyl (C=O) groups is 2. The largest absolute Gasteiger partial charge is 1.00 e. The van der Waals surface area contributed by atoms with Crippen LogP contribution in [0.1, 0.15) is 38.2 Å². The summed E-state index contributed by atoms with van der Waals surface area (Å²) in [5.41, 5.74) is 2.79. The average Bonchev–Trinajstić information content (AvgIpc) is 3.17. The zero-order valence-corrected chi connectivity index (χ0v) is 33.3. The molecule has 0 radical (unpaired) electrons. The predicted molar refractivity (Wildman–Crippen MR) is 221 cm³/mol. The molecule has 0 aliphatic carbocycles. The van der Waals surface area contributed by atoms with Crippen molar-refractivity contribution >= 4 is 67.7 Å². The van der Waals surface area contributed by atoms with Gasteiger partial charge in [-0.25, -0.2) is 0 Å². The molecule has 2 atom stereocenters. The zero-order valence-electron chi connectivity index (χ0n) is 34.3. The normalized spacial score (nSPS) is 11.5. The van der Waals surface area contributed by atoms with Gasteiger partial charge in [-0.2, -0.15) is 0 Å². The Morgan fingerprint density at radius 1 is 0.571 bits per heavy atom. The minimum absolute atomic E-state index is 0. The SMILES string of the molecule is CC(C(=O)O)c1ccc2oc3ccccc3c(=O)c2c1.CC(C(=O)[O-])c1ccc2oc3ccccc3c(=O)c2c1.CN(C)C(=N)N(C)C.CN(C)C(=N)N(C)C.[H+]. The predicted octanol–water partition coefficient (Wildman–Crippen LogP) is 5.14. The van der Waals surface area contributed by atoms with Gasteiger partial charge in [-0.3, -0.25) is 25.2 Å². The first-order valence-corrected chi connectivity index (χ1v) is 17.5. The van der Waals surface area contributed by atoms with Crippen LogP contribution in [-0.4, -0.2) is 105 Å². The van der Waals surface area contributed by atoms with E-state index in [0.29, 0.717) is 66.9 Å². The number of aliphatic carboxylic acids is 2. The molecule has 0 aliphatic rings. The number of carbonyl (C=O) groups excluding carboxylic acids is 1. The fraction of sp³-hybridized carbons (Fsp3) is 0.286. The van der Waals surface area contributed by atoms with Crippen molar-refractivity contribution in [2.75, 3.05) is 56.4 Å². The smallest absolute Gasteiger partial charge is 0.550 e. The van der Waals surface area contributed by atoms with Crippen LogP contribution in [0, 0.1) is 10.8 Å². The van der Waals surface area contributed by atoms with E-state index in [4.69, 9.17) is 24.8 Å². The minimum Gasteiger partial charge on any atom is -0.550 e. The van der Waals surface area contributed by atoms with Gasteiger partial charge in [0.15, 0.2) is 11.9 Å². The van der Waals surface area contributed by atoms with Gasteiger partial charge in [0.1, 0.15) is 22.3 Å². The van der Waals surface area contributed by atoms with Crippen LogP contribution in [0.5, 0.6) is 0 Å². The van der Waals surface area contributed by atoms with E-state index in [1.807, 2.05) is 56.4 Å². The Labute approximate surface area is 326 Å². The Kier molecular flexibility index (Phi) is 14.9. The molecular weight excluding hydrogens is 716 g/mol. The lowest BCUT2D eigenvalue weighted by Gasteiger charge is -2.19. The number of benzene rings is 4. The highest BCUT2D eigenvalue weighted by molar-refractivity contribution is 5.92. The van der Waals surface area contributed by atoms with Crippen LogP contribution in [0.4, 0.5) is 0 Å². The number of carboxylic acids is 2. The Bertz CT molecular complexity index is 2300. The topological polar surface area (TPSA) is 199 Å². The Morgan fingerprint density at radius 2 is 0.893 bits per heavy atom. The summed E-state index contributed by atoms with van der Waals surface area (Å²) in [4.78, 5) is 53.8. The van der Waals surface area contributed by atoms with Crippen molar-refractivity contribution in [3.63, 3.8) is 0 Å². The summed E-state index contributed by atoms with van der Waals surface area (Å²) in [6.45, 7) is 3.12. The van der Waals surface area contributed by atoms with Crippen LogP contribution in [0.3, 0.4) is 0 Å². The number of carboxylic acid groups (broad SMARTS) is 2. The summed E-state index contributed by atoms with van der Waals surface area (Å²) >= 11 is 0. The maximum absolute atomic E-state index is 12.4. The fourth-order valence-corrected chi connectivity index (χ4v) is 5.26. The minimum atomic E-state index is -1.17. The zero-order chi connectivity index (χ0) is 42.0. The van der Waals surface area contributed by atoms with Gasteiger partial charge in [-0.05, 0) is 66.6 Å². The third-order valence-electron chi connectivity index (χ3n) is 8.62. The number of nitrogens with zero attached hydrogens (tertiary/aromatic N) is 4. The highest BCUT2D eigenvalue weighted by atomic mass is 16.4. The lowest BCUT2D eigenvalue weighted by molar-refractivity contribution is -0.307. The Hall–Kier alpha value is -6.70. The van der Waals surface area contributed by atoms with Gasteiger partial charge in [-0.15, -0.1) is 0 Å². The second kappa shape index (κ2) is 19.1. The number of nitrogens with one attached hydrogen (secondary N) is 2. The molecule has 0 bridgehead atoms. The van der Waals surface area contributed by atoms with Crippen LogP contribution < -0.4 is 16.0 Å². The van der Waals surface area contributed by atoms with Crippen LogP contribution in [0.2, 0.25) is 0 Å². The van der Waals surface area contributed by atoms with Crippen molar-refractivity contribution in [1.82, 2.24) is 19.6 Å². The van der Waals surface area contributed by atoms with Gasteiger partial charge in [0.25, 0.3) is 0 Å². The molecule has 6 rings (SSSR count). The molecule has 14 nitrogen and oxygen atoms in total. The standard InChI is InChI=1S/2C16H12O4.2C5H13N3/c2*1-9(16(18)19)10-6-7-14-12(8-10)15(17)11-4-2-3-5-13(11)20-14;2*1-7(2)5(6)8(3)4/h2*2-9H,1H3,(H,18,19);2*6H,1-4H3. The van der Waals surface area contributed by atoms with E-state index in [1.54, 1.807) is 111 Å². The number of guanidine groups is 2.